The fourth-order valence-electron chi connectivity index (χ4n) is 8.99. The first-order chi connectivity index (χ1) is 31.3. The molecule has 4 nitrogen and oxygen atoms in total. The zero-order chi connectivity index (χ0) is 43.7. The summed E-state index contributed by atoms with van der Waals surface area (Å²) in [5, 5.41) is 11.8. The second-order valence-corrected chi connectivity index (χ2v) is 17.2. The summed E-state index contributed by atoms with van der Waals surface area (Å²) in [7, 11) is 0. The van der Waals surface area contributed by atoms with Gasteiger partial charge in [-0.15, -0.1) is 23.8 Å². The molecule has 0 amide bonds. The van der Waals surface area contributed by atoms with Gasteiger partial charge in [0.2, 0.25) is 0 Å². The molecule has 0 bridgehead atoms. The molecule has 0 saturated carbocycles. The first-order valence-electron chi connectivity index (χ1n) is 22.0. The van der Waals surface area contributed by atoms with Gasteiger partial charge in [-0.05, 0) is 107 Å². The fraction of sp³-hybridized carbons (Fsp3) is 0.100. The van der Waals surface area contributed by atoms with Gasteiger partial charge in [0, 0.05) is 38.5 Å². The topological polar surface area (TPSA) is 50.9 Å². The number of phenols is 1. The van der Waals surface area contributed by atoms with E-state index in [1.807, 2.05) is 37.4 Å². The molecule has 65 heavy (non-hydrogen) atoms. The molecule has 10 aromatic rings. The Hall–Kier alpha value is -7.13. The van der Waals surface area contributed by atoms with Crippen molar-refractivity contribution in [1.29, 1.82) is 0 Å². The average Bonchev–Trinajstić information content (AvgIpc) is 3.73. The Labute approximate surface area is 396 Å². The number of rotatable bonds is 10. The molecule has 0 aliphatic rings. The summed E-state index contributed by atoms with van der Waals surface area (Å²) < 4.78 is 2.24. The number of pyridine rings is 1. The molecule has 2 aromatic heterocycles. The van der Waals surface area contributed by atoms with Crippen LogP contribution >= 0.6 is 0 Å². The van der Waals surface area contributed by atoms with Gasteiger partial charge in [0.05, 0.1) is 22.3 Å². The molecule has 320 valence electrons. The van der Waals surface area contributed by atoms with E-state index in [2.05, 4.69) is 195 Å². The Morgan fingerprint density at radius 1 is 0.538 bits per heavy atom. The number of phenolic OH excluding ortho intramolecular Hbond substituents is 1. The molecule has 0 aliphatic heterocycles. The first-order valence-corrected chi connectivity index (χ1v) is 22.0. The summed E-state index contributed by atoms with van der Waals surface area (Å²) in [6.45, 7) is 8.54. The molecule has 0 spiro atoms. The third-order valence-electron chi connectivity index (χ3n) is 12.0. The maximum absolute atomic E-state index is 11.8. The van der Waals surface area contributed by atoms with E-state index in [4.69, 9.17) is 9.97 Å². The van der Waals surface area contributed by atoms with Crippen LogP contribution in [0.25, 0.3) is 95.0 Å². The molecule has 1 N–H and O–H groups in total. The number of nitrogens with zero attached hydrogens (tertiary/aromatic N) is 3. The molecule has 0 saturated heterocycles. The molecule has 0 fully saturated rings. The Bertz CT molecular complexity index is 3280. The van der Waals surface area contributed by atoms with Crippen LogP contribution in [-0.2, 0) is 27.5 Å². The van der Waals surface area contributed by atoms with Crippen molar-refractivity contribution in [2.45, 2.75) is 34.1 Å². The SMILES string of the molecule is Cc1cc(C)c(O)c(-c2nc3c(-c4[c-]c(-c5cc(-c6ccc(-c7ccccc7)cc6)ccn5)cc(-c5ccccc5)c4)cccc3n2-c2ccc(CC(C)C)cc2-c2ccccc2)c1.[Pt]. The van der Waals surface area contributed by atoms with E-state index >= 15 is 0 Å². The summed E-state index contributed by atoms with van der Waals surface area (Å²) in [6, 6.07) is 69.9. The van der Waals surface area contributed by atoms with E-state index in [0.717, 1.165) is 90.0 Å². The third kappa shape index (κ3) is 8.75. The van der Waals surface area contributed by atoms with E-state index in [0.29, 0.717) is 17.3 Å². The minimum atomic E-state index is 0. The van der Waals surface area contributed by atoms with Gasteiger partial charge in [-0.2, -0.15) is 0 Å². The number of fused-ring (bicyclic) bond motifs is 1. The number of aromatic nitrogens is 3. The number of hydrogen-bond acceptors (Lipinski definition) is 3. The smallest absolute Gasteiger partial charge is 0.148 e. The summed E-state index contributed by atoms with van der Waals surface area (Å²) in [6.07, 6.45) is 2.86. The van der Waals surface area contributed by atoms with Crippen LogP contribution in [0.4, 0.5) is 0 Å². The van der Waals surface area contributed by atoms with Crippen LogP contribution in [0.5, 0.6) is 5.75 Å². The number of benzene rings is 8. The molecular weight excluding hydrogens is 974 g/mol. The van der Waals surface area contributed by atoms with E-state index in [-0.39, 0.29) is 26.8 Å². The van der Waals surface area contributed by atoms with Crippen molar-refractivity contribution in [3.8, 4) is 89.7 Å². The van der Waals surface area contributed by atoms with Crippen LogP contribution in [0.1, 0.15) is 30.5 Å². The van der Waals surface area contributed by atoms with Crippen LogP contribution in [0.2, 0.25) is 0 Å². The number of imidazole rings is 1. The Morgan fingerprint density at radius 2 is 1.15 bits per heavy atom. The Kier molecular flexibility index (Phi) is 12.3. The predicted molar refractivity (Wildman–Crippen MR) is 265 cm³/mol. The van der Waals surface area contributed by atoms with Crippen LogP contribution in [-0.4, -0.2) is 19.6 Å². The minimum Gasteiger partial charge on any atom is -0.507 e. The standard InChI is InChI=1S/C60H48N3O.Pt/c1-39(2)31-42-23-28-56(53(34-42)47-19-12-7-13-20-47)63-57-22-14-21-52(58(57)62-60(63)54-33-40(3)32-41(4)59(54)64)50-35-49(44-17-10-6-11-18-44)36-51(37-50)55-38-48(29-30-61-55)46-26-24-45(25-27-46)43-15-8-5-9-16-43;/h5-30,32-36,38-39,64H,31H2,1-4H3;/q-1;. The second-order valence-electron chi connectivity index (χ2n) is 17.2. The van der Waals surface area contributed by atoms with Gasteiger partial charge in [-0.3, -0.25) is 9.55 Å². The largest absolute Gasteiger partial charge is 0.507 e. The molecule has 2 heterocycles. The minimum absolute atomic E-state index is 0. The fourth-order valence-corrected chi connectivity index (χ4v) is 8.99. The van der Waals surface area contributed by atoms with Gasteiger partial charge in [0.25, 0.3) is 0 Å². The number of hydrogen-bond donors (Lipinski definition) is 1. The molecule has 5 heteroatoms. The molecule has 0 aliphatic carbocycles. The van der Waals surface area contributed by atoms with Crippen molar-refractivity contribution < 1.29 is 26.2 Å². The first kappa shape index (κ1) is 43.1. The van der Waals surface area contributed by atoms with Crippen LogP contribution < -0.4 is 0 Å². The van der Waals surface area contributed by atoms with Gasteiger partial charge in [-0.1, -0.05) is 176 Å². The zero-order valence-electron chi connectivity index (χ0n) is 36.9. The number of aromatic hydroxyl groups is 1. The third-order valence-corrected chi connectivity index (χ3v) is 12.0. The summed E-state index contributed by atoms with van der Waals surface area (Å²) >= 11 is 0. The monoisotopic (exact) mass is 1020 g/mol. The normalized spacial score (nSPS) is 11.2. The molecule has 0 unspecified atom stereocenters. The van der Waals surface area contributed by atoms with Gasteiger partial charge in [0.1, 0.15) is 11.6 Å². The van der Waals surface area contributed by atoms with E-state index in [1.54, 1.807) is 0 Å². The van der Waals surface area contributed by atoms with E-state index in [9.17, 15) is 5.11 Å². The molecular formula is C60H48N3OPt-. The number of aryl methyl sites for hydroxylation is 2. The quantitative estimate of drug-likeness (QED) is 0.139. The molecule has 0 radical (unpaired) electrons. The summed E-state index contributed by atoms with van der Waals surface area (Å²) in [5.74, 6) is 1.40. The van der Waals surface area contributed by atoms with Crippen molar-refractivity contribution in [3.63, 3.8) is 0 Å². The van der Waals surface area contributed by atoms with Gasteiger partial charge in [-0.25, -0.2) is 4.98 Å². The van der Waals surface area contributed by atoms with Gasteiger partial charge < -0.3 is 5.11 Å². The molecule has 10 rings (SSSR count). The maximum Gasteiger partial charge on any atom is 0.148 e. The van der Waals surface area contributed by atoms with Gasteiger partial charge >= 0.3 is 0 Å². The van der Waals surface area contributed by atoms with Crippen molar-refractivity contribution in [1.82, 2.24) is 14.5 Å². The van der Waals surface area contributed by atoms with E-state index in [1.165, 1.54) is 16.7 Å². The molecule has 0 atom stereocenters. The van der Waals surface area contributed by atoms with Crippen LogP contribution in [0, 0.1) is 25.8 Å². The van der Waals surface area contributed by atoms with Gasteiger partial charge in [0.15, 0.2) is 0 Å². The maximum atomic E-state index is 11.8. The van der Waals surface area contributed by atoms with E-state index < -0.39 is 0 Å². The average molecular weight is 1020 g/mol. The number of para-hydroxylation sites is 1. The van der Waals surface area contributed by atoms with Crippen LogP contribution in [0.3, 0.4) is 0 Å². The summed E-state index contributed by atoms with van der Waals surface area (Å²) in [5.41, 5.74) is 19.1. The van der Waals surface area contributed by atoms with Crippen molar-refractivity contribution in [3.05, 3.63) is 217 Å². The van der Waals surface area contributed by atoms with Crippen LogP contribution in [0.15, 0.2) is 194 Å². The Balaban J connectivity index is 0.00000533. The van der Waals surface area contributed by atoms with Crippen molar-refractivity contribution in [2.75, 3.05) is 0 Å². The molecule has 8 aromatic carbocycles. The zero-order valence-corrected chi connectivity index (χ0v) is 39.1. The van der Waals surface area contributed by atoms with Crippen molar-refractivity contribution >= 4 is 11.0 Å². The predicted octanol–water partition coefficient (Wildman–Crippen LogP) is 15.4. The van der Waals surface area contributed by atoms with Crippen molar-refractivity contribution in [2.24, 2.45) is 5.92 Å². The summed E-state index contributed by atoms with van der Waals surface area (Å²) in [4.78, 5) is 10.5. The Morgan fingerprint density at radius 3 is 1.83 bits per heavy atom. The second kappa shape index (κ2) is 18.5.